The summed E-state index contributed by atoms with van der Waals surface area (Å²) in [6.07, 6.45) is 0. The Hall–Kier alpha value is -1.38. The average molecular weight is 271 g/mol. The Balaban J connectivity index is 2.08. The number of carbonyl (C=O) groups excluding carboxylic acids is 1. The smallest absolute Gasteiger partial charge is 0.265 e. The largest absolute Gasteiger partial charge is 0.382 e. The van der Waals surface area contributed by atoms with Crippen LogP contribution in [0.25, 0.3) is 0 Å². The van der Waals surface area contributed by atoms with E-state index in [0.29, 0.717) is 31.2 Å². The number of morpholine rings is 1. The van der Waals surface area contributed by atoms with Gasteiger partial charge in [0.05, 0.1) is 13.2 Å². The van der Waals surface area contributed by atoms with E-state index in [2.05, 4.69) is 15.2 Å². The van der Waals surface area contributed by atoms with E-state index in [1.54, 1.807) is 0 Å². The summed E-state index contributed by atoms with van der Waals surface area (Å²) in [4.78, 5) is 18.6. The third-order valence-corrected chi connectivity index (χ3v) is 3.69. The molecule has 0 aliphatic carbocycles. The van der Waals surface area contributed by atoms with Crippen LogP contribution in [0.3, 0.4) is 0 Å². The first-order chi connectivity index (χ1) is 8.72. The molecular weight excluding hydrogens is 254 g/mol. The van der Waals surface area contributed by atoms with Crippen LogP contribution >= 0.6 is 11.3 Å². The highest BCUT2D eigenvalue weighted by atomic mass is 32.1. The summed E-state index contributed by atoms with van der Waals surface area (Å²) in [6.45, 7) is 3.74. The van der Waals surface area contributed by atoms with Gasteiger partial charge in [-0.15, -0.1) is 0 Å². The minimum absolute atomic E-state index is 0.213. The van der Waals surface area contributed by atoms with Crippen molar-refractivity contribution in [1.82, 2.24) is 10.3 Å². The van der Waals surface area contributed by atoms with Crippen molar-refractivity contribution in [3.8, 4) is 0 Å². The monoisotopic (exact) mass is 271 g/mol. The molecule has 0 aromatic carbocycles. The van der Waals surface area contributed by atoms with Gasteiger partial charge in [0.1, 0.15) is 10.7 Å². The van der Waals surface area contributed by atoms with Crippen LogP contribution in [0.5, 0.6) is 0 Å². The highest BCUT2D eigenvalue weighted by Crippen LogP contribution is 2.28. The number of thiazole rings is 1. The Labute approximate surface area is 109 Å². The minimum Gasteiger partial charge on any atom is -0.382 e. The topological polar surface area (TPSA) is 106 Å². The highest BCUT2D eigenvalue weighted by Gasteiger charge is 2.20. The molecule has 0 bridgehead atoms. The molecule has 0 radical (unpaired) electrons. The van der Waals surface area contributed by atoms with Crippen molar-refractivity contribution in [1.29, 1.82) is 0 Å². The molecule has 5 N–H and O–H groups in total. The van der Waals surface area contributed by atoms with E-state index in [-0.39, 0.29) is 11.7 Å². The molecule has 8 heteroatoms. The number of hydrogen-bond donors (Lipinski definition) is 3. The van der Waals surface area contributed by atoms with Crippen LogP contribution in [0.4, 0.5) is 10.9 Å². The Bertz CT molecular complexity index is 416. The second kappa shape index (κ2) is 5.98. The predicted molar refractivity (Wildman–Crippen MR) is 70.9 cm³/mol. The van der Waals surface area contributed by atoms with Crippen LogP contribution in [0, 0.1) is 0 Å². The second-order valence-corrected chi connectivity index (χ2v) is 4.83. The van der Waals surface area contributed by atoms with Crippen LogP contribution in [0.1, 0.15) is 9.67 Å². The fraction of sp³-hybridized carbons (Fsp3) is 0.600. The summed E-state index contributed by atoms with van der Waals surface area (Å²) >= 11 is 1.31. The van der Waals surface area contributed by atoms with Crippen LogP contribution in [0.15, 0.2) is 0 Å². The molecule has 18 heavy (non-hydrogen) atoms. The number of carbonyl (C=O) groups is 1. The maximum Gasteiger partial charge on any atom is 0.265 e. The van der Waals surface area contributed by atoms with Crippen molar-refractivity contribution in [3.05, 3.63) is 4.88 Å². The van der Waals surface area contributed by atoms with E-state index in [9.17, 15) is 4.79 Å². The van der Waals surface area contributed by atoms with Gasteiger partial charge < -0.3 is 26.4 Å². The van der Waals surface area contributed by atoms with Gasteiger partial charge in [-0.1, -0.05) is 11.3 Å². The van der Waals surface area contributed by atoms with Gasteiger partial charge >= 0.3 is 0 Å². The van der Waals surface area contributed by atoms with Crippen LogP contribution in [-0.4, -0.2) is 50.3 Å². The lowest BCUT2D eigenvalue weighted by Crippen LogP contribution is -2.36. The third kappa shape index (κ3) is 2.89. The highest BCUT2D eigenvalue weighted by molar-refractivity contribution is 7.18. The van der Waals surface area contributed by atoms with Crippen LogP contribution in [-0.2, 0) is 4.74 Å². The lowest BCUT2D eigenvalue weighted by Gasteiger charge is -2.25. The molecule has 7 nitrogen and oxygen atoms in total. The molecule has 1 amide bonds. The minimum atomic E-state index is -0.213. The Morgan fingerprint density at radius 3 is 2.89 bits per heavy atom. The molecular formula is C10H17N5O2S. The maximum atomic E-state index is 11.8. The van der Waals surface area contributed by atoms with Crippen molar-refractivity contribution >= 4 is 28.2 Å². The van der Waals surface area contributed by atoms with E-state index in [4.69, 9.17) is 16.2 Å². The molecule has 1 aromatic heterocycles. The van der Waals surface area contributed by atoms with Crippen molar-refractivity contribution in [3.63, 3.8) is 0 Å². The molecule has 0 spiro atoms. The molecule has 1 aromatic rings. The predicted octanol–water partition coefficient (Wildman–Crippen LogP) is -0.750. The van der Waals surface area contributed by atoms with E-state index in [0.717, 1.165) is 18.2 Å². The number of amides is 1. The number of nitrogens with one attached hydrogen (secondary N) is 1. The number of nitrogens with two attached hydrogens (primary N) is 2. The van der Waals surface area contributed by atoms with Gasteiger partial charge in [-0.3, -0.25) is 4.79 Å². The molecule has 1 aliphatic heterocycles. The van der Waals surface area contributed by atoms with Gasteiger partial charge in [0, 0.05) is 26.2 Å². The molecule has 2 heterocycles. The zero-order valence-electron chi connectivity index (χ0n) is 10.0. The van der Waals surface area contributed by atoms with Crippen molar-refractivity contribution in [2.45, 2.75) is 0 Å². The molecule has 0 saturated carbocycles. The van der Waals surface area contributed by atoms with E-state index < -0.39 is 0 Å². The van der Waals surface area contributed by atoms with Gasteiger partial charge in [-0.05, 0) is 0 Å². The van der Waals surface area contributed by atoms with E-state index >= 15 is 0 Å². The lowest BCUT2D eigenvalue weighted by atomic mass is 10.4. The molecule has 0 atom stereocenters. The van der Waals surface area contributed by atoms with Crippen LogP contribution < -0.4 is 21.7 Å². The number of nitrogen functional groups attached to an aromatic ring is 1. The summed E-state index contributed by atoms with van der Waals surface area (Å²) in [5.41, 5.74) is 11.1. The standard InChI is InChI=1S/C10H17N5O2S/c11-1-2-13-9(16)7-8(12)14-10(18-7)15-3-5-17-6-4-15/h1-6,11-12H2,(H,13,16). The molecule has 2 rings (SSSR count). The van der Waals surface area contributed by atoms with Gasteiger partial charge in [0.2, 0.25) is 0 Å². The molecule has 1 fully saturated rings. The fourth-order valence-corrected chi connectivity index (χ4v) is 2.59. The van der Waals surface area contributed by atoms with Crippen LogP contribution in [0.2, 0.25) is 0 Å². The number of hydrogen-bond acceptors (Lipinski definition) is 7. The second-order valence-electron chi connectivity index (χ2n) is 3.85. The average Bonchev–Trinajstić information content (AvgIpc) is 2.79. The molecule has 1 saturated heterocycles. The first-order valence-corrected chi connectivity index (χ1v) is 6.61. The normalized spacial score (nSPS) is 15.7. The Kier molecular flexibility index (Phi) is 4.34. The SMILES string of the molecule is NCCNC(=O)c1sc(N2CCOCC2)nc1N. The first kappa shape index (κ1) is 13.1. The van der Waals surface area contributed by atoms with Gasteiger partial charge in [-0.2, -0.15) is 0 Å². The summed E-state index contributed by atoms with van der Waals surface area (Å²) in [6, 6.07) is 0. The van der Waals surface area contributed by atoms with E-state index in [1.807, 2.05) is 0 Å². The Morgan fingerprint density at radius 2 is 2.22 bits per heavy atom. The number of rotatable bonds is 4. The van der Waals surface area contributed by atoms with E-state index in [1.165, 1.54) is 11.3 Å². The molecule has 0 unspecified atom stereocenters. The summed E-state index contributed by atoms with van der Waals surface area (Å²) in [5, 5.41) is 3.46. The van der Waals surface area contributed by atoms with Crippen molar-refractivity contribution in [2.75, 3.05) is 50.0 Å². The van der Waals surface area contributed by atoms with Gasteiger partial charge in [0.15, 0.2) is 5.13 Å². The third-order valence-electron chi connectivity index (χ3n) is 2.56. The zero-order chi connectivity index (χ0) is 13.0. The maximum absolute atomic E-state index is 11.8. The van der Waals surface area contributed by atoms with Crippen molar-refractivity contribution in [2.24, 2.45) is 5.73 Å². The van der Waals surface area contributed by atoms with Crippen molar-refractivity contribution < 1.29 is 9.53 Å². The fourth-order valence-electron chi connectivity index (χ4n) is 1.64. The number of aromatic nitrogens is 1. The number of nitrogens with zero attached hydrogens (tertiary/aromatic N) is 2. The van der Waals surface area contributed by atoms with Gasteiger partial charge in [0.25, 0.3) is 5.91 Å². The number of ether oxygens (including phenoxy) is 1. The quantitative estimate of drug-likeness (QED) is 0.665. The number of anilines is 2. The zero-order valence-corrected chi connectivity index (χ0v) is 10.8. The summed E-state index contributed by atoms with van der Waals surface area (Å²) in [7, 11) is 0. The molecule has 1 aliphatic rings. The van der Waals surface area contributed by atoms with Gasteiger partial charge in [-0.25, -0.2) is 4.98 Å². The Morgan fingerprint density at radius 1 is 1.50 bits per heavy atom. The lowest BCUT2D eigenvalue weighted by molar-refractivity contribution is 0.0959. The molecule has 100 valence electrons. The first-order valence-electron chi connectivity index (χ1n) is 5.79. The summed E-state index contributed by atoms with van der Waals surface area (Å²) in [5.74, 6) is 0.0611. The summed E-state index contributed by atoms with van der Waals surface area (Å²) < 4.78 is 5.27.